The molecule has 3 rings (SSSR count). The van der Waals surface area contributed by atoms with E-state index in [4.69, 9.17) is 27.9 Å². The van der Waals surface area contributed by atoms with E-state index >= 15 is 0 Å². The second-order valence-electron chi connectivity index (χ2n) is 5.95. The fourth-order valence-corrected chi connectivity index (χ4v) is 2.73. The maximum atomic E-state index is 12.3. The number of carbonyl (C=O) groups excluding carboxylic acids is 2. The molecule has 2 aromatic carbocycles. The summed E-state index contributed by atoms with van der Waals surface area (Å²) < 4.78 is 5.76. The third kappa shape index (κ3) is 5.47. The van der Waals surface area contributed by atoms with Crippen molar-refractivity contribution in [3.63, 3.8) is 0 Å². The lowest BCUT2D eigenvalue weighted by molar-refractivity contribution is 0.0949. The van der Waals surface area contributed by atoms with Gasteiger partial charge in [-0.3, -0.25) is 14.6 Å². The van der Waals surface area contributed by atoms with Crippen molar-refractivity contribution in [2.45, 2.75) is 6.92 Å². The lowest BCUT2D eigenvalue weighted by atomic mass is 10.2. The molecule has 0 fully saturated rings. The van der Waals surface area contributed by atoms with Gasteiger partial charge in [-0.15, -0.1) is 0 Å². The van der Waals surface area contributed by atoms with Gasteiger partial charge in [0.05, 0.1) is 10.0 Å². The monoisotopic (exact) mass is 429 g/mol. The molecule has 0 atom stereocenters. The molecule has 0 bridgehead atoms. The van der Waals surface area contributed by atoms with Gasteiger partial charge in [0, 0.05) is 30.1 Å². The van der Waals surface area contributed by atoms with E-state index in [9.17, 15) is 9.59 Å². The zero-order valence-corrected chi connectivity index (χ0v) is 16.9. The molecule has 1 aromatic heterocycles. The number of amides is 2. The number of aromatic nitrogens is 1. The largest absolute Gasteiger partial charge is 0.457 e. The Kier molecular flexibility index (Phi) is 6.69. The van der Waals surface area contributed by atoms with Gasteiger partial charge >= 0.3 is 0 Å². The second-order valence-corrected chi connectivity index (χ2v) is 6.76. The number of ether oxygens (including phenoxy) is 1. The van der Waals surface area contributed by atoms with Crippen LogP contribution in [0.15, 0.2) is 60.8 Å². The molecule has 0 aliphatic heterocycles. The Morgan fingerprint density at radius 3 is 2.38 bits per heavy atom. The van der Waals surface area contributed by atoms with Gasteiger partial charge in [-0.2, -0.15) is 0 Å². The van der Waals surface area contributed by atoms with Gasteiger partial charge < -0.3 is 15.4 Å². The summed E-state index contributed by atoms with van der Waals surface area (Å²) in [6.45, 7) is 2.35. The van der Waals surface area contributed by atoms with Crippen molar-refractivity contribution in [3.8, 4) is 11.5 Å². The number of benzene rings is 2. The smallest absolute Gasteiger partial charge is 0.270 e. The molecule has 148 valence electrons. The first-order chi connectivity index (χ1) is 14.0. The highest BCUT2D eigenvalue weighted by Gasteiger charge is 2.10. The average molecular weight is 430 g/mol. The maximum absolute atomic E-state index is 12.3. The highest BCUT2D eigenvalue weighted by molar-refractivity contribution is 6.42. The number of hydrogen-bond donors (Lipinski definition) is 2. The van der Waals surface area contributed by atoms with E-state index in [-0.39, 0.29) is 17.5 Å². The van der Waals surface area contributed by atoms with Crippen LogP contribution < -0.4 is 15.4 Å². The van der Waals surface area contributed by atoms with Crippen LogP contribution in [0.2, 0.25) is 10.0 Å². The van der Waals surface area contributed by atoms with Gasteiger partial charge in [0.15, 0.2) is 0 Å². The van der Waals surface area contributed by atoms with E-state index in [0.29, 0.717) is 39.3 Å². The van der Waals surface area contributed by atoms with Gasteiger partial charge in [-0.25, -0.2) is 0 Å². The van der Waals surface area contributed by atoms with Crippen LogP contribution in [0.5, 0.6) is 11.5 Å². The molecule has 6 nitrogen and oxygen atoms in total. The van der Waals surface area contributed by atoms with Crippen molar-refractivity contribution in [3.05, 3.63) is 82.1 Å². The van der Waals surface area contributed by atoms with Crippen molar-refractivity contribution >= 4 is 40.7 Å². The number of nitrogens with one attached hydrogen (secondary N) is 2. The number of carbonyl (C=O) groups is 2. The third-order valence-electron chi connectivity index (χ3n) is 3.83. The Hall–Kier alpha value is -3.09. The number of rotatable bonds is 6. The normalized spacial score (nSPS) is 10.3. The van der Waals surface area contributed by atoms with Crippen LogP contribution in [0.3, 0.4) is 0 Å². The first-order valence-electron chi connectivity index (χ1n) is 8.75. The van der Waals surface area contributed by atoms with Crippen LogP contribution in [0.25, 0.3) is 0 Å². The topological polar surface area (TPSA) is 80.3 Å². The number of hydrogen-bond acceptors (Lipinski definition) is 4. The minimum absolute atomic E-state index is 0.265. The van der Waals surface area contributed by atoms with Gasteiger partial charge in [0.1, 0.15) is 17.2 Å². The maximum Gasteiger partial charge on any atom is 0.270 e. The Bertz CT molecular complexity index is 1040. The molecule has 29 heavy (non-hydrogen) atoms. The van der Waals surface area contributed by atoms with E-state index in [1.165, 1.54) is 12.3 Å². The van der Waals surface area contributed by atoms with Crippen molar-refractivity contribution < 1.29 is 14.3 Å². The lowest BCUT2D eigenvalue weighted by Crippen LogP contribution is -2.23. The first-order valence-corrected chi connectivity index (χ1v) is 9.50. The summed E-state index contributed by atoms with van der Waals surface area (Å²) in [5.74, 6) is 0.454. The molecule has 3 aromatic rings. The molecule has 0 aliphatic rings. The number of anilines is 1. The summed E-state index contributed by atoms with van der Waals surface area (Å²) >= 11 is 11.8. The zero-order chi connectivity index (χ0) is 20.8. The Labute approximate surface area is 177 Å². The average Bonchev–Trinajstić information content (AvgIpc) is 2.72. The molecule has 0 aliphatic carbocycles. The van der Waals surface area contributed by atoms with Gasteiger partial charge in [0.25, 0.3) is 11.8 Å². The number of halogens is 2. The van der Waals surface area contributed by atoms with Gasteiger partial charge in [-0.1, -0.05) is 23.2 Å². The predicted molar refractivity (Wildman–Crippen MR) is 113 cm³/mol. The van der Waals surface area contributed by atoms with Gasteiger partial charge in [0.2, 0.25) is 0 Å². The molecule has 0 saturated heterocycles. The van der Waals surface area contributed by atoms with Crippen LogP contribution in [0.4, 0.5) is 5.69 Å². The summed E-state index contributed by atoms with van der Waals surface area (Å²) in [4.78, 5) is 28.2. The minimum Gasteiger partial charge on any atom is -0.457 e. The van der Waals surface area contributed by atoms with E-state index < -0.39 is 0 Å². The molecule has 0 unspecified atom stereocenters. The summed E-state index contributed by atoms with van der Waals surface area (Å²) in [6.07, 6.45) is 1.51. The zero-order valence-electron chi connectivity index (χ0n) is 15.4. The van der Waals surface area contributed by atoms with Gasteiger partial charge in [-0.05, 0) is 55.5 Å². The highest BCUT2D eigenvalue weighted by Crippen LogP contribution is 2.25. The van der Waals surface area contributed by atoms with E-state index in [1.54, 1.807) is 48.5 Å². The number of nitrogens with zero attached hydrogens (tertiary/aromatic N) is 1. The molecule has 0 saturated carbocycles. The van der Waals surface area contributed by atoms with Crippen LogP contribution in [0.1, 0.15) is 27.8 Å². The number of pyridine rings is 1. The Morgan fingerprint density at radius 2 is 1.69 bits per heavy atom. The summed E-state index contributed by atoms with van der Waals surface area (Å²) in [7, 11) is 0. The standard InChI is InChI=1S/C21H17Cl2N3O3/c1-2-24-21(28)19-12-16(9-10-25-19)29-15-6-4-14(5-7-15)26-20(27)13-3-8-17(22)18(23)11-13/h3-12H,2H2,1H3,(H,24,28)(H,26,27). The van der Waals surface area contributed by atoms with Crippen LogP contribution >= 0.6 is 23.2 Å². The van der Waals surface area contributed by atoms with Crippen molar-refractivity contribution in [1.82, 2.24) is 10.3 Å². The van der Waals surface area contributed by atoms with E-state index in [1.807, 2.05) is 6.92 Å². The molecule has 2 amide bonds. The van der Waals surface area contributed by atoms with Crippen LogP contribution in [0, 0.1) is 0 Å². The summed E-state index contributed by atoms with van der Waals surface area (Å²) in [5, 5.41) is 6.16. The highest BCUT2D eigenvalue weighted by atomic mass is 35.5. The predicted octanol–water partition coefficient (Wildman–Crippen LogP) is 5.18. The lowest BCUT2D eigenvalue weighted by Gasteiger charge is -2.09. The van der Waals surface area contributed by atoms with Crippen molar-refractivity contribution in [1.29, 1.82) is 0 Å². The molecule has 8 heteroatoms. The molecular weight excluding hydrogens is 413 g/mol. The van der Waals surface area contributed by atoms with Crippen LogP contribution in [-0.4, -0.2) is 23.3 Å². The fourth-order valence-electron chi connectivity index (χ4n) is 2.43. The van der Waals surface area contributed by atoms with Crippen molar-refractivity contribution in [2.24, 2.45) is 0 Å². The Morgan fingerprint density at radius 1 is 0.931 bits per heavy atom. The third-order valence-corrected chi connectivity index (χ3v) is 4.57. The first kappa shape index (κ1) is 20.6. The minimum atomic E-state index is -0.307. The van der Waals surface area contributed by atoms with Crippen LogP contribution in [-0.2, 0) is 0 Å². The Balaban J connectivity index is 1.66. The van der Waals surface area contributed by atoms with E-state index in [0.717, 1.165) is 0 Å². The quantitative estimate of drug-likeness (QED) is 0.565. The van der Waals surface area contributed by atoms with E-state index in [2.05, 4.69) is 15.6 Å². The molecule has 0 radical (unpaired) electrons. The molecule has 2 N–H and O–H groups in total. The molecular formula is C21H17Cl2N3O3. The fraction of sp³-hybridized carbons (Fsp3) is 0.0952. The molecule has 1 heterocycles. The summed E-state index contributed by atoms with van der Waals surface area (Å²) in [5.41, 5.74) is 1.26. The SMILES string of the molecule is CCNC(=O)c1cc(Oc2ccc(NC(=O)c3ccc(Cl)c(Cl)c3)cc2)ccn1. The molecule has 0 spiro atoms. The second kappa shape index (κ2) is 9.41. The summed E-state index contributed by atoms with van der Waals surface area (Å²) in [6, 6.07) is 14.7. The van der Waals surface area contributed by atoms with Crippen molar-refractivity contribution in [2.75, 3.05) is 11.9 Å².